The fourth-order valence-corrected chi connectivity index (χ4v) is 3.74. The van der Waals surface area contributed by atoms with Crippen LogP contribution in [0.5, 0.6) is 0 Å². The number of rotatable bonds is 7. The van der Waals surface area contributed by atoms with Gasteiger partial charge < -0.3 is 14.4 Å². The molecule has 1 aliphatic rings. The number of carbonyl (C=O) groups excluding carboxylic acids is 2. The van der Waals surface area contributed by atoms with Crippen molar-refractivity contribution < 1.29 is 19.1 Å². The second-order valence-electron chi connectivity index (χ2n) is 9.16. The van der Waals surface area contributed by atoms with Crippen molar-refractivity contribution in [1.29, 1.82) is 0 Å². The zero-order chi connectivity index (χ0) is 23.0. The number of benzene rings is 2. The van der Waals surface area contributed by atoms with Crippen molar-refractivity contribution in [3.8, 4) is 0 Å². The molecule has 1 aliphatic heterocycles. The van der Waals surface area contributed by atoms with Gasteiger partial charge in [0.15, 0.2) is 0 Å². The van der Waals surface area contributed by atoms with Crippen LogP contribution in [0, 0.1) is 5.92 Å². The highest BCUT2D eigenvalue weighted by atomic mass is 16.6. The molecule has 1 heterocycles. The number of esters is 1. The van der Waals surface area contributed by atoms with Crippen LogP contribution in [0.3, 0.4) is 0 Å². The molecule has 1 saturated heterocycles. The number of carbonyl (C=O) groups is 2. The molecule has 0 bridgehead atoms. The van der Waals surface area contributed by atoms with Gasteiger partial charge in [0.05, 0.1) is 12.0 Å². The van der Waals surface area contributed by atoms with Crippen LogP contribution in [0.4, 0.5) is 4.79 Å². The first-order valence-electron chi connectivity index (χ1n) is 11.2. The molecule has 1 amide bonds. The summed E-state index contributed by atoms with van der Waals surface area (Å²) in [4.78, 5) is 27.3. The van der Waals surface area contributed by atoms with Crippen molar-refractivity contribution in [3.05, 3.63) is 83.9 Å². The van der Waals surface area contributed by atoms with Crippen LogP contribution in [0.25, 0.3) is 0 Å². The summed E-state index contributed by atoms with van der Waals surface area (Å²) in [5.74, 6) is -0.696. The molecule has 0 saturated carbocycles. The Kier molecular flexibility index (Phi) is 8.09. The summed E-state index contributed by atoms with van der Waals surface area (Å²) in [6, 6.07) is 19.5. The Bertz CT molecular complexity index is 902. The second-order valence-corrected chi connectivity index (χ2v) is 9.16. The van der Waals surface area contributed by atoms with Crippen LogP contribution >= 0.6 is 0 Å². The highest BCUT2D eigenvalue weighted by Gasteiger charge is 2.31. The predicted molar refractivity (Wildman–Crippen MR) is 125 cm³/mol. The summed E-state index contributed by atoms with van der Waals surface area (Å²) in [7, 11) is 0. The molecule has 2 aromatic rings. The minimum Gasteiger partial charge on any atom is -0.460 e. The van der Waals surface area contributed by atoms with Crippen molar-refractivity contribution in [2.75, 3.05) is 6.54 Å². The Labute approximate surface area is 191 Å². The zero-order valence-corrected chi connectivity index (χ0v) is 19.2. The fourth-order valence-electron chi connectivity index (χ4n) is 3.74. The molecular weight excluding hydrogens is 402 g/mol. The molecular formula is C27H33NO4. The fraction of sp³-hybridized carbons (Fsp3) is 0.407. The molecule has 0 unspecified atom stereocenters. The van der Waals surface area contributed by atoms with Crippen molar-refractivity contribution in [1.82, 2.24) is 4.90 Å². The highest BCUT2D eigenvalue weighted by Crippen LogP contribution is 2.23. The maximum atomic E-state index is 13.0. The monoisotopic (exact) mass is 435 g/mol. The lowest BCUT2D eigenvalue weighted by Gasteiger charge is -2.27. The molecule has 5 nitrogen and oxygen atoms in total. The Hall–Kier alpha value is -3.08. The average Bonchev–Trinajstić information content (AvgIpc) is 3.24. The molecule has 170 valence electrons. The molecule has 5 heteroatoms. The highest BCUT2D eigenvalue weighted by molar-refractivity contribution is 5.75. The van der Waals surface area contributed by atoms with Crippen LogP contribution in [0.2, 0.25) is 0 Å². The summed E-state index contributed by atoms with van der Waals surface area (Å²) >= 11 is 0. The molecule has 0 radical (unpaired) electrons. The third kappa shape index (κ3) is 7.26. The number of ether oxygens (including phenoxy) is 2. The number of amides is 1. The Balaban J connectivity index is 1.70. The molecule has 2 atom stereocenters. The van der Waals surface area contributed by atoms with E-state index in [0.717, 1.165) is 24.0 Å². The van der Waals surface area contributed by atoms with Gasteiger partial charge in [0.2, 0.25) is 0 Å². The van der Waals surface area contributed by atoms with E-state index in [4.69, 9.17) is 9.47 Å². The standard InChI is InChI=1S/C27H33NO4/c1-27(2,3)32-26(30)28-18-10-15-24(28)17-16-23(19-21-11-6-4-7-12-21)25(29)31-20-22-13-8-5-9-14-22/h4-9,11-14,16-17,23-24H,10,15,18-20H2,1-3H3/b17-16-/t23-,24+/m1/s1. The molecule has 0 spiro atoms. The number of nitrogens with zero attached hydrogens (tertiary/aromatic N) is 1. The molecule has 0 aromatic heterocycles. The van der Waals surface area contributed by atoms with Crippen LogP contribution in [0.1, 0.15) is 44.7 Å². The van der Waals surface area contributed by atoms with Gasteiger partial charge in [-0.2, -0.15) is 0 Å². The molecule has 0 aliphatic carbocycles. The first-order valence-corrected chi connectivity index (χ1v) is 11.2. The van der Waals surface area contributed by atoms with Gasteiger partial charge in [-0.25, -0.2) is 4.79 Å². The predicted octanol–water partition coefficient (Wildman–Crippen LogP) is 5.54. The number of hydrogen-bond acceptors (Lipinski definition) is 4. The maximum Gasteiger partial charge on any atom is 0.410 e. The summed E-state index contributed by atoms with van der Waals surface area (Å²) < 4.78 is 11.2. The Morgan fingerprint density at radius 1 is 1.03 bits per heavy atom. The van der Waals surface area contributed by atoms with Gasteiger partial charge in [0.25, 0.3) is 0 Å². The van der Waals surface area contributed by atoms with Crippen molar-refractivity contribution in [3.63, 3.8) is 0 Å². The van der Waals surface area contributed by atoms with Gasteiger partial charge in [-0.1, -0.05) is 72.8 Å². The van der Waals surface area contributed by atoms with Gasteiger partial charge in [-0.15, -0.1) is 0 Å². The van der Waals surface area contributed by atoms with Gasteiger partial charge in [-0.05, 0) is 51.2 Å². The quantitative estimate of drug-likeness (QED) is 0.423. The van der Waals surface area contributed by atoms with E-state index in [1.54, 1.807) is 4.90 Å². The smallest absolute Gasteiger partial charge is 0.410 e. The van der Waals surface area contributed by atoms with E-state index in [2.05, 4.69) is 0 Å². The second kappa shape index (κ2) is 11.0. The summed E-state index contributed by atoms with van der Waals surface area (Å²) in [6.07, 6.45) is 5.87. The van der Waals surface area contributed by atoms with E-state index in [1.165, 1.54) is 0 Å². The molecule has 0 N–H and O–H groups in total. The molecule has 1 fully saturated rings. The average molecular weight is 436 g/mol. The lowest BCUT2D eigenvalue weighted by molar-refractivity contribution is -0.148. The first-order chi connectivity index (χ1) is 15.3. The molecule has 32 heavy (non-hydrogen) atoms. The van der Waals surface area contributed by atoms with E-state index in [0.29, 0.717) is 13.0 Å². The topological polar surface area (TPSA) is 55.8 Å². The normalized spacial score (nSPS) is 17.3. The first kappa shape index (κ1) is 23.6. The molecule has 3 rings (SSSR count). The largest absolute Gasteiger partial charge is 0.460 e. The van der Waals surface area contributed by atoms with E-state index >= 15 is 0 Å². The van der Waals surface area contributed by atoms with Crippen molar-refractivity contribution in [2.45, 2.75) is 58.3 Å². The Morgan fingerprint density at radius 2 is 1.66 bits per heavy atom. The van der Waals surface area contributed by atoms with E-state index in [-0.39, 0.29) is 24.7 Å². The Morgan fingerprint density at radius 3 is 2.28 bits per heavy atom. The van der Waals surface area contributed by atoms with E-state index in [9.17, 15) is 9.59 Å². The van der Waals surface area contributed by atoms with Gasteiger partial charge in [0, 0.05) is 6.54 Å². The van der Waals surface area contributed by atoms with Gasteiger partial charge in [-0.3, -0.25) is 4.79 Å². The maximum absolute atomic E-state index is 13.0. The van der Waals surface area contributed by atoms with Gasteiger partial charge >= 0.3 is 12.1 Å². The SMILES string of the molecule is CC(C)(C)OC(=O)N1CCC[C@H]1/C=C\[C@H](Cc1ccccc1)C(=O)OCc1ccccc1. The number of likely N-dealkylation sites (tertiary alicyclic amines) is 1. The summed E-state index contributed by atoms with van der Waals surface area (Å²) in [6.45, 7) is 6.50. The van der Waals surface area contributed by atoms with Gasteiger partial charge in [0.1, 0.15) is 12.2 Å². The minimum atomic E-state index is -0.537. The lowest BCUT2D eigenvalue weighted by atomic mass is 9.98. The molecule has 2 aromatic carbocycles. The van der Waals surface area contributed by atoms with E-state index in [1.807, 2.05) is 93.6 Å². The lowest BCUT2D eigenvalue weighted by Crippen LogP contribution is -2.39. The summed E-state index contributed by atoms with van der Waals surface area (Å²) in [5.41, 5.74) is 1.48. The van der Waals surface area contributed by atoms with Crippen LogP contribution in [-0.2, 0) is 27.3 Å². The van der Waals surface area contributed by atoms with Crippen molar-refractivity contribution >= 4 is 12.1 Å². The van der Waals surface area contributed by atoms with E-state index < -0.39 is 11.5 Å². The number of hydrogen-bond donors (Lipinski definition) is 0. The third-order valence-electron chi connectivity index (χ3n) is 5.32. The summed E-state index contributed by atoms with van der Waals surface area (Å²) in [5, 5.41) is 0. The van der Waals surface area contributed by atoms with Crippen molar-refractivity contribution in [2.24, 2.45) is 5.92 Å². The zero-order valence-electron chi connectivity index (χ0n) is 19.2. The van der Waals surface area contributed by atoms with Crippen LogP contribution < -0.4 is 0 Å². The third-order valence-corrected chi connectivity index (χ3v) is 5.32. The minimum absolute atomic E-state index is 0.0787. The van der Waals surface area contributed by atoms with Crippen LogP contribution in [-0.4, -0.2) is 35.2 Å². The van der Waals surface area contributed by atoms with Crippen LogP contribution in [0.15, 0.2) is 72.8 Å².